The average Bonchev–Trinajstić information content (AvgIpc) is 3.34. The molecular formula is C20H25N5O3. The molecule has 0 atom stereocenters. The number of nitrogens with zero attached hydrogens (tertiary/aromatic N) is 4. The average molecular weight is 383 g/mol. The lowest BCUT2D eigenvalue weighted by Crippen LogP contribution is -2.55. The zero-order valence-corrected chi connectivity index (χ0v) is 15.9. The van der Waals surface area contributed by atoms with E-state index in [1.54, 1.807) is 23.1 Å². The van der Waals surface area contributed by atoms with Crippen LogP contribution in [0.5, 0.6) is 0 Å². The van der Waals surface area contributed by atoms with Crippen LogP contribution in [0.3, 0.4) is 0 Å². The van der Waals surface area contributed by atoms with Gasteiger partial charge in [-0.25, -0.2) is 4.98 Å². The summed E-state index contributed by atoms with van der Waals surface area (Å²) in [7, 11) is 1.81. The second-order valence-corrected chi connectivity index (χ2v) is 7.88. The summed E-state index contributed by atoms with van der Waals surface area (Å²) in [6.07, 6.45) is 5.66. The molecule has 8 heteroatoms. The van der Waals surface area contributed by atoms with Crippen LogP contribution in [0.2, 0.25) is 0 Å². The number of aliphatic carboxylic acids is 1. The van der Waals surface area contributed by atoms with E-state index in [2.05, 4.69) is 20.3 Å². The Hall–Kier alpha value is -2.74. The third-order valence-electron chi connectivity index (χ3n) is 5.50. The van der Waals surface area contributed by atoms with Gasteiger partial charge in [0.25, 0.3) is 5.91 Å². The third-order valence-corrected chi connectivity index (χ3v) is 5.50. The van der Waals surface area contributed by atoms with Gasteiger partial charge in [-0.2, -0.15) is 5.10 Å². The lowest BCUT2D eigenvalue weighted by atomic mass is 9.85. The fourth-order valence-corrected chi connectivity index (χ4v) is 3.66. The Kier molecular flexibility index (Phi) is 5.13. The molecule has 2 aliphatic carbocycles. The van der Waals surface area contributed by atoms with Gasteiger partial charge in [-0.05, 0) is 43.7 Å². The number of carbonyl (C=O) groups excluding carboxylic acids is 1. The monoisotopic (exact) mass is 383 g/mol. The highest BCUT2D eigenvalue weighted by Crippen LogP contribution is 2.33. The van der Waals surface area contributed by atoms with Gasteiger partial charge < -0.3 is 10.4 Å². The van der Waals surface area contributed by atoms with Crippen molar-refractivity contribution >= 4 is 11.9 Å². The van der Waals surface area contributed by atoms with Crippen molar-refractivity contribution in [3.05, 3.63) is 36.2 Å². The largest absolute Gasteiger partial charge is 0.480 e. The summed E-state index contributed by atoms with van der Waals surface area (Å²) in [6, 6.07) is 7.60. The molecule has 2 aliphatic rings. The van der Waals surface area contributed by atoms with Crippen LogP contribution in [-0.2, 0) is 11.8 Å². The van der Waals surface area contributed by atoms with E-state index in [0.29, 0.717) is 17.3 Å². The summed E-state index contributed by atoms with van der Waals surface area (Å²) in [5, 5.41) is 16.4. The fraction of sp³-hybridized carbons (Fsp3) is 0.500. The number of carboxylic acid groups (broad SMARTS) is 1. The number of hydrogen-bond acceptors (Lipinski definition) is 5. The summed E-state index contributed by atoms with van der Waals surface area (Å²) < 4.78 is 1.64. The van der Waals surface area contributed by atoms with Crippen LogP contribution in [0.25, 0.3) is 11.4 Å². The zero-order chi connectivity index (χ0) is 19.7. The minimum Gasteiger partial charge on any atom is -0.480 e. The van der Waals surface area contributed by atoms with Crippen molar-refractivity contribution in [2.45, 2.75) is 37.8 Å². The van der Waals surface area contributed by atoms with Gasteiger partial charge in [0.2, 0.25) is 0 Å². The van der Waals surface area contributed by atoms with E-state index in [1.807, 2.05) is 19.2 Å². The molecule has 0 bridgehead atoms. The Balaban J connectivity index is 1.29. The molecule has 0 spiro atoms. The lowest BCUT2D eigenvalue weighted by Gasteiger charge is -2.42. The molecule has 0 unspecified atom stereocenters. The second-order valence-electron chi connectivity index (χ2n) is 7.88. The van der Waals surface area contributed by atoms with Crippen LogP contribution in [0, 0.1) is 5.92 Å². The maximum atomic E-state index is 12.5. The highest BCUT2D eigenvalue weighted by Gasteiger charge is 2.37. The first-order chi connectivity index (χ1) is 13.5. The van der Waals surface area contributed by atoms with Crippen molar-refractivity contribution in [3.63, 3.8) is 0 Å². The molecule has 2 aromatic rings. The number of nitrogens with one attached hydrogen (secondary N) is 1. The van der Waals surface area contributed by atoms with Gasteiger partial charge in [0.05, 0.1) is 6.54 Å². The normalized spacial score (nSPS) is 21.4. The number of aromatic nitrogens is 3. The summed E-state index contributed by atoms with van der Waals surface area (Å²) in [4.78, 5) is 29.9. The van der Waals surface area contributed by atoms with Gasteiger partial charge >= 0.3 is 5.97 Å². The Bertz CT molecular complexity index is 853. The van der Waals surface area contributed by atoms with Crippen LogP contribution in [0.1, 0.15) is 36.0 Å². The van der Waals surface area contributed by atoms with Crippen LogP contribution in [0.4, 0.5) is 0 Å². The maximum absolute atomic E-state index is 12.5. The van der Waals surface area contributed by atoms with Crippen molar-refractivity contribution < 1.29 is 14.7 Å². The number of hydrogen-bond donors (Lipinski definition) is 2. The predicted molar refractivity (Wildman–Crippen MR) is 103 cm³/mol. The molecule has 28 heavy (non-hydrogen) atoms. The molecule has 0 saturated heterocycles. The van der Waals surface area contributed by atoms with Gasteiger partial charge in [0.1, 0.15) is 6.33 Å². The van der Waals surface area contributed by atoms with Gasteiger partial charge in [-0.3, -0.25) is 19.2 Å². The van der Waals surface area contributed by atoms with Gasteiger partial charge in [0.15, 0.2) is 5.82 Å². The summed E-state index contributed by atoms with van der Waals surface area (Å²) in [5.41, 5.74) is 1.47. The van der Waals surface area contributed by atoms with E-state index in [9.17, 15) is 9.59 Å². The van der Waals surface area contributed by atoms with Crippen molar-refractivity contribution in [2.75, 3.05) is 13.1 Å². The number of benzene rings is 1. The Morgan fingerprint density at radius 1 is 1.25 bits per heavy atom. The molecule has 0 aliphatic heterocycles. The molecule has 4 rings (SSSR count). The van der Waals surface area contributed by atoms with Crippen LogP contribution in [0.15, 0.2) is 30.6 Å². The Labute approximate surface area is 163 Å². The van der Waals surface area contributed by atoms with Crippen LogP contribution >= 0.6 is 0 Å². The SMILES string of the molecule is Cn1cnc(-c2ccc(C(=O)NC3CC(N(CC(=O)O)CC4CC4)C3)cc2)n1. The van der Waals surface area contributed by atoms with Crippen molar-refractivity contribution in [3.8, 4) is 11.4 Å². The van der Waals surface area contributed by atoms with E-state index < -0.39 is 5.97 Å². The fourth-order valence-electron chi connectivity index (χ4n) is 3.66. The standard InChI is InChI=1S/C20H25N5O3/c1-24-12-21-19(23-24)14-4-6-15(7-5-14)20(28)22-16-8-17(9-16)25(11-18(26)27)10-13-2-3-13/h4-7,12-13,16-17H,2-3,8-11H2,1H3,(H,22,28)(H,26,27). The van der Waals surface area contributed by atoms with E-state index in [1.165, 1.54) is 12.8 Å². The highest BCUT2D eigenvalue weighted by molar-refractivity contribution is 5.94. The van der Waals surface area contributed by atoms with Crippen molar-refractivity contribution in [2.24, 2.45) is 13.0 Å². The molecule has 1 amide bonds. The van der Waals surface area contributed by atoms with Crippen LogP contribution < -0.4 is 5.32 Å². The molecule has 8 nitrogen and oxygen atoms in total. The lowest BCUT2D eigenvalue weighted by molar-refractivity contribution is -0.139. The Morgan fingerprint density at radius 2 is 1.96 bits per heavy atom. The minimum atomic E-state index is -0.782. The van der Waals surface area contributed by atoms with Gasteiger partial charge in [-0.15, -0.1) is 0 Å². The van der Waals surface area contributed by atoms with E-state index in [4.69, 9.17) is 5.11 Å². The topological polar surface area (TPSA) is 100 Å². The highest BCUT2D eigenvalue weighted by atomic mass is 16.4. The number of carboxylic acids is 1. The van der Waals surface area contributed by atoms with E-state index in [-0.39, 0.29) is 24.5 Å². The number of carbonyl (C=O) groups is 2. The maximum Gasteiger partial charge on any atom is 0.317 e. The molecule has 0 radical (unpaired) electrons. The zero-order valence-electron chi connectivity index (χ0n) is 15.9. The molecule has 148 valence electrons. The number of rotatable bonds is 8. The predicted octanol–water partition coefficient (Wildman–Crippen LogP) is 1.54. The molecule has 1 aromatic carbocycles. The number of aryl methyl sites for hydroxylation is 1. The molecule has 2 saturated carbocycles. The first-order valence-corrected chi connectivity index (χ1v) is 9.70. The van der Waals surface area contributed by atoms with Crippen molar-refractivity contribution in [1.29, 1.82) is 0 Å². The van der Waals surface area contributed by atoms with Gasteiger partial charge in [0, 0.05) is 36.8 Å². The molecule has 2 fully saturated rings. The van der Waals surface area contributed by atoms with Crippen LogP contribution in [-0.4, -0.2) is 61.8 Å². The smallest absolute Gasteiger partial charge is 0.317 e. The second kappa shape index (κ2) is 7.71. The Morgan fingerprint density at radius 3 is 2.54 bits per heavy atom. The van der Waals surface area contributed by atoms with Gasteiger partial charge in [-0.1, -0.05) is 12.1 Å². The molecule has 2 N–H and O–H groups in total. The summed E-state index contributed by atoms with van der Waals surface area (Å²) >= 11 is 0. The van der Waals surface area contributed by atoms with E-state index in [0.717, 1.165) is 24.9 Å². The summed E-state index contributed by atoms with van der Waals surface area (Å²) in [6.45, 7) is 0.950. The third kappa shape index (κ3) is 4.39. The molecular weight excluding hydrogens is 358 g/mol. The van der Waals surface area contributed by atoms with E-state index >= 15 is 0 Å². The number of amides is 1. The first kappa shape index (κ1) is 18.6. The quantitative estimate of drug-likeness (QED) is 0.717. The first-order valence-electron chi connectivity index (χ1n) is 9.70. The molecule has 1 heterocycles. The summed E-state index contributed by atoms with van der Waals surface area (Å²) in [5.74, 6) is 0.400. The van der Waals surface area contributed by atoms with Crippen molar-refractivity contribution in [1.82, 2.24) is 25.0 Å². The molecule has 1 aromatic heterocycles. The minimum absolute atomic E-state index is 0.0881.